The van der Waals surface area contributed by atoms with Gasteiger partial charge in [0.2, 0.25) is 0 Å². The summed E-state index contributed by atoms with van der Waals surface area (Å²) in [5.41, 5.74) is 3.55. The number of esters is 1. The molecule has 0 saturated heterocycles. The Labute approximate surface area is 162 Å². The Morgan fingerprint density at radius 2 is 1.86 bits per heavy atom. The number of rotatable bonds is 8. The number of carbonyl (C=O) groups is 2. The van der Waals surface area contributed by atoms with Crippen LogP contribution in [0.5, 0.6) is 0 Å². The molecule has 5 nitrogen and oxygen atoms in total. The van der Waals surface area contributed by atoms with Crippen molar-refractivity contribution < 1.29 is 23.1 Å². The van der Waals surface area contributed by atoms with E-state index in [1.54, 1.807) is 18.4 Å². The van der Waals surface area contributed by atoms with Gasteiger partial charge in [0.05, 0.1) is 12.7 Å². The Kier molecular flexibility index (Phi) is 6.42. The highest BCUT2D eigenvalue weighted by molar-refractivity contribution is 5.87. The number of hydrogen-bond donors (Lipinski definition) is 1. The molecule has 6 heteroatoms. The molecule has 0 unspecified atom stereocenters. The molecule has 0 radical (unpaired) electrons. The van der Waals surface area contributed by atoms with Gasteiger partial charge in [0.25, 0.3) is 5.91 Å². The number of fused-ring (bicyclic) bond motifs is 1. The maximum absolute atomic E-state index is 12.8. The molecular weight excluding hydrogens is 361 g/mol. The lowest BCUT2D eigenvalue weighted by molar-refractivity contribution is -0.147. The van der Waals surface area contributed by atoms with Crippen molar-refractivity contribution in [3.05, 3.63) is 71.2 Å². The zero-order valence-electron chi connectivity index (χ0n) is 15.7. The predicted octanol–water partition coefficient (Wildman–Crippen LogP) is 3.58. The van der Waals surface area contributed by atoms with Gasteiger partial charge in [-0.2, -0.15) is 0 Å². The van der Waals surface area contributed by atoms with Gasteiger partial charge in [-0.3, -0.25) is 9.59 Å². The molecule has 146 valence electrons. The van der Waals surface area contributed by atoms with E-state index in [0.29, 0.717) is 13.0 Å². The summed E-state index contributed by atoms with van der Waals surface area (Å²) in [6.07, 6.45) is 3.07. The van der Waals surface area contributed by atoms with Crippen LogP contribution in [0.4, 0.5) is 4.39 Å². The fraction of sp³-hybridized carbons (Fsp3) is 0.273. The molecule has 0 atom stereocenters. The van der Waals surface area contributed by atoms with Gasteiger partial charge >= 0.3 is 5.97 Å². The minimum absolute atomic E-state index is 0.0430. The van der Waals surface area contributed by atoms with Crippen LogP contribution < -0.4 is 5.32 Å². The van der Waals surface area contributed by atoms with Crippen LogP contribution in [-0.4, -0.2) is 25.0 Å². The summed E-state index contributed by atoms with van der Waals surface area (Å²) >= 11 is 0. The molecule has 1 amide bonds. The molecule has 0 aliphatic heterocycles. The Bertz CT molecular complexity index is 962. The molecule has 3 aromatic rings. The summed E-state index contributed by atoms with van der Waals surface area (Å²) in [5.74, 6) is -1.16. The summed E-state index contributed by atoms with van der Waals surface area (Å²) in [5, 5.41) is 3.55. The van der Waals surface area contributed by atoms with Crippen LogP contribution in [0.2, 0.25) is 0 Å². The minimum Gasteiger partial charge on any atom is -0.464 e. The normalized spacial score (nSPS) is 10.8. The van der Waals surface area contributed by atoms with Crippen molar-refractivity contribution in [2.24, 2.45) is 0 Å². The highest BCUT2D eigenvalue weighted by atomic mass is 19.1. The Hall–Kier alpha value is -3.15. The van der Waals surface area contributed by atoms with Crippen LogP contribution in [0.15, 0.2) is 53.1 Å². The molecule has 1 N–H and O–H groups in total. The molecular formula is C22H22FNO4. The molecule has 0 saturated carbocycles. The number of ether oxygens (including phenoxy) is 1. The topological polar surface area (TPSA) is 68.5 Å². The van der Waals surface area contributed by atoms with Crippen molar-refractivity contribution in [3.63, 3.8) is 0 Å². The first kappa shape index (κ1) is 19.6. The van der Waals surface area contributed by atoms with E-state index in [9.17, 15) is 14.0 Å². The van der Waals surface area contributed by atoms with Gasteiger partial charge in [0.15, 0.2) is 6.61 Å². The van der Waals surface area contributed by atoms with Crippen molar-refractivity contribution in [2.75, 3.05) is 13.2 Å². The second-order valence-electron chi connectivity index (χ2n) is 6.51. The van der Waals surface area contributed by atoms with Crippen LogP contribution in [0.3, 0.4) is 0 Å². The number of aryl methyl sites for hydroxylation is 1. The number of hydrogen-bond acceptors (Lipinski definition) is 4. The van der Waals surface area contributed by atoms with Crippen molar-refractivity contribution in [2.45, 2.75) is 26.2 Å². The third-order valence-electron chi connectivity index (χ3n) is 4.48. The molecule has 0 fully saturated rings. The van der Waals surface area contributed by atoms with Gasteiger partial charge in [0, 0.05) is 17.5 Å². The first-order chi connectivity index (χ1) is 13.5. The van der Waals surface area contributed by atoms with E-state index in [2.05, 4.69) is 12.2 Å². The van der Waals surface area contributed by atoms with E-state index in [1.165, 1.54) is 12.1 Å². The lowest BCUT2D eigenvalue weighted by atomic mass is 10.1. The Balaban J connectivity index is 1.42. The smallest absolute Gasteiger partial charge is 0.310 e. The summed E-state index contributed by atoms with van der Waals surface area (Å²) in [7, 11) is 0. The van der Waals surface area contributed by atoms with Gasteiger partial charge < -0.3 is 14.5 Å². The van der Waals surface area contributed by atoms with E-state index in [1.807, 2.05) is 18.2 Å². The van der Waals surface area contributed by atoms with Gasteiger partial charge in [-0.1, -0.05) is 31.2 Å². The van der Waals surface area contributed by atoms with Gasteiger partial charge in [-0.25, -0.2) is 4.39 Å². The summed E-state index contributed by atoms with van der Waals surface area (Å²) in [6.45, 7) is 2.11. The first-order valence-electron chi connectivity index (χ1n) is 9.21. The molecule has 1 aromatic heterocycles. The zero-order valence-corrected chi connectivity index (χ0v) is 15.7. The molecule has 0 spiro atoms. The van der Waals surface area contributed by atoms with E-state index < -0.39 is 5.97 Å². The maximum atomic E-state index is 12.8. The Morgan fingerprint density at radius 3 is 2.61 bits per heavy atom. The number of benzene rings is 2. The Morgan fingerprint density at radius 1 is 1.11 bits per heavy atom. The van der Waals surface area contributed by atoms with E-state index in [4.69, 9.17) is 9.15 Å². The number of furan rings is 1. The number of amides is 1. The summed E-state index contributed by atoms with van der Waals surface area (Å²) in [4.78, 5) is 23.8. The summed E-state index contributed by atoms with van der Waals surface area (Å²) in [6, 6.07) is 12.0. The lowest BCUT2D eigenvalue weighted by Crippen LogP contribution is -2.30. The highest BCUT2D eigenvalue weighted by Crippen LogP contribution is 2.23. The van der Waals surface area contributed by atoms with Gasteiger partial charge in [0.1, 0.15) is 11.4 Å². The third-order valence-corrected chi connectivity index (χ3v) is 4.48. The van der Waals surface area contributed by atoms with Crippen LogP contribution in [0.25, 0.3) is 11.0 Å². The van der Waals surface area contributed by atoms with Crippen LogP contribution >= 0.6 is 0 Å². The van der Waals surface area contributed by atoms with Crippen molar-refractivity contribution in [1.82, 2.24) is 5.32 Å². The lowest BCUT2D eigenvalue weighted by Gasteiger charge is -2.06. The molecule has 28 heavy (non-hydrogen) atoms. The van der Waals surface area contributed by atoms with Crippen molar-refractivity contribution >= 4 is 22.8 Å². The number of halogens is 1. The van der Waals surface area contributed by atoms with Crippen LogP contribution in [0, 0.1) is 5.82 Å². The van der Waals surface area contributed by atoms with E-state index >= 15 is 0 Å². The quantitative estimate of drug-likeness (QED) is 0.604. The highest BCUT2D eigenvalue weighted by Gasteiger charge is 2.13. The minimum atomic E-state index is -0.490. The molecule has 0 aliphatic rings. The zero-order chi connectivity index (χ0) is 19.9. The van der Waals surface area contributed by atoms with Crippen molar-refractivity contribution in [3.8, 4) is 0 Å². The first-order valence-corrected chi connectivity index (χ1v) is 9.21. The molecule has 2 aromatic carbocycles. The molecule has 0 aliphatic carbocycles. The second-order valence-corrected chi connectivity index (χ2v) is 6.51. The van der Waals surface area contributed by atoms with Crippen LogP contribution in [0.1, 0.15) is 23.6 Å². The van der Waals surface area contributed by atoms with E-state index in [-0.39, 0.29) is 24.8 Å². The number of nitrogens with one attached hydrogen (secondary N) is 1. The third kappa shape index (κ3) is 5.19. The van der Waals surface area contributed by atoms with Gasteiger partial charge in [-0.05, 0) is 42.2 Å². The largest absolute Gasteiger partial charge is 0.464 e. The average Bonchev–Trinajstić information content (AvgIpc) is 3.09. The average molecular weight is 383 g/mol. The summed E-state index contributed by atoms with van der Waals surface area (Å²) < 4.78 is 23.4. The number of carbonyl (C=O) groups excluding carboxylic acids is 2. The van der Waals surface area contributed by atoms with Gasteiger partial charge in [-0.15, -0.1) is 0 Å². The standard InChI is InChI=1S/C22H22FNO4/c1-2-15-5-8-19-17(13-27-20(19)11-15)12-22(26)28-14-21(25)24-10-9-16-3-6-18(23)7-4-16/h3-8,11,13H,2,9-10,12,14H2,1H3,(H,24,25). The second kappa shape index (κ2) is 9.17. The van der Waals surface area contributed by atoms with E-state index in [0.717, 1.165) is 34.1 Å². The molecule has 0 bridgehead atoms. The predicted molar refractivity (Wildman–Crippen MR) is 103 cm³/mol. The van der Waals surface area contributed by atoms with Crippen molar-refractivity contribution in [1.29, 1.82) is 0 Å². The maximum Gasteiger partial charge on any atom is 0.310 e. The monoisotopic (exact) mass is 383 g/mol. The molecule has 3 rings (SSSR count). The molecule has 1 heterocycles. The fourth-order valence-corrected chi connectivity index (χ4v) is 2.89. The van der Waals surface area contributed by atoms with Crippen LogP contribution in [-0.2, 0) is 33.6 Å². The SMILES string of the molecule is CCc1ccc2c(CC(=O)OCC(=O)NCCc3ccc(F)cc3)coc2c1. The fourth-order valence-electron chi connectivity index (χ4n) is 2.89.